The molecule has 0 spiro atoms. The summed E-state index contributed by atoms with van der Waals surface area (Å²) >= 11 is 3.12. The first-order chi connectivity index (χ1) is 9.76. The molecular weight excluding hydrogens is 353 g/mol. The van der Waals surface area contributed by atoms with E-state index in [4.69, 9.17) is 5.11 Å². The Morgan fingerprint density at radius 2 is 1.76 bits per heavy atom. The molecule has 2 aromatic rings. The summed E-state index contributed by atoms with van der Waals surface area (Å²) in [6, 6.07) is 9.87. The number of carbonyl (C=O) groups is 1. The predicted molar refractivity (Wildman–Crippen MR) is 73.2 cm³/mol. The van der Waals surface area contributed by atoms with Crippen molar-refractivity contribution in [3.05, 3.63) is 52.5 Å². The van der Waals surface area contributed by atoms with Gasteiger partial charge in [-0.05, 0) is 51.3 Å². The molecule has 2 rings (SSSR count). The van der Waals surface area contributed by atoms with Gasteiger partial charge in [0.2, 0.25) is 0 Å². The van der Waals surface area contributed by atoms with E-state index in [0.717, 1.165) is 0 Å². The molecule has 0 fully saturated rings. The third-order valence-corrected chi connectivity index (χ3v) is 3.26. The summed E-state index contributed by atoms with van der Waals surface area (Å²) < 4.78 is 40.8. The van der Waals surface area contributed by atoms with E-state index < -0.39 is 12.3 Å². The first-order valence-corrected chi connectivity index (χ1v) is 6.44. The molecule has 0 aliphatic rings. The summed E-state index contributed by atoms with van der Waals surface area (Å²) in [5, 5.41) is 8.92. The van der Waals surface area contributed by atoms with Crippen LogP contribution in [0.4, 0.5) is 13.2 Å². The molecule has 0 atom stereocenters. The van der Waals surface area contributed by atoms with Gasteiger partial charge in [0.25, 0.3) is 0 Å². The lowest BCUT2D eigenvalue weighted by atomic mass is 10.0. The second-order valence-corrected chi connectivity index (χ2v) is 4.93. The minimum absolute atomic E-state index is 0.0708. The zero-order valence-corrected chi connectivity index (χ0v) is 11.9. The van der Waals surface area contributed by atoms with E-state index in [9.17, 15) is 18.0 Å². The molecule has 0 amide bonds. The van der Waals surface area contributed by atoms with Gasteiger partial charge in [0.05, 0.1) is 5.56 Å². The van der Waals surface area contributed by atoms with E-state index in [1.54, 1.807) is 6.07 Å². The van der Waals surface area contributed by atoms with E-state index in [0.29, 0.717) is 15.6 Å². The molecule has 0 heterocycles. The standard InChI is InChI=1S/C14H8BrF3O3/c15-12-7-9(4-5-11(12)13(19)20)8-2-1-3-10(6-8)21-14(16,17)18/h1-7H,(H,19,20). The fourth-order valence-corrected chi connectivity index (χ4v) is 2.29. The Kier molecular flexibility index (Phi) is 4.22. The van der Waals surface area contributed by atoms with Crippen molar-refractivity contribution < 1.29 is 27.8 Å². The Morgan fingerprint density at radius 3 is 2.33 bits per heavy atom. The van der Waals surface area contributed by atoms with Crippen molar-refractivity contribution in [2.24, 2.45) is 0 Å². The van der Waals surface area contributed by atoms with Crippen molar-refractivity contribution in [1.82, 2.24) is 0 Å². The van der Waals surface area contributed by atoms with Gasteiger partial charge in [0.15, 0.2) is 0 Å². The summed E-state index contributed by atoms with van der Waals surface area (Å²) in [5.74, 6) is -1.43. The minimum atomic E-state index is -4.76. The van der Waals surface area contributed by atoms with Crippen LogP contribution >= 0.6 is 15.9 Å². The van der Waals surface area contributed by atoms with Gasteiger partial charge in [-0.3, -0.25) is 0 Å². The highest BCUT2D eigenvalue weighted by Crippen LogP contribution is 2.30. The van der Waals surface area contributed by atoms with E-state index in [1.807, 2.05) is 0 Å². The number of hydrogen-bond donors (Lipinski definition) is 1. The first-order valence-electron chi connectivity index (χ1n) is 5.65. The predicted octanol–water partition coefficient (Wildman–Crippen LogP) is 4.71. The Labute approximate surface area is 126 Å². The van der Waals surface area contributed by atoms with Crippen LogP contribution in [-0.4, -0.2) is 17.4 Å². The fourth-order valence-electron chi connectivity index (χ4n) is 1.74. The van der Waals surface area contributed by atoms with Crippen LogP contribution in [0.3, 0.4) is 0 Å². The maximum absolute atomic E-state index is 12.2. The van der Waals surface area contributed by atoms with Crippen LogP contribution in [-0.2, 0) is 0 Å². The van der Waals surface area contributed by atoms with Gasteiger partial charge in [-0.15, -0.1) is 13.2 Å². The molecule has 0 aromatic heterocycles. The second kappa shape index (κ2) is 5.77. The molecule has 2 aromatic carbocycles. The quantitative estimate of drug-likeness (QED) is 0.861. The van der Waals surface area contributed by atoms with Crippen molar-refractivity contribution in [3.63, 3.8) is 0 Å². The third kappa shape index (κ3) is 3.98. The highest BCUT2D eigenvalue weighted by Gasteiger charge is 2.31. The topological polar surface area (TPSA) is 46.5 Å². The summed E-state index contributed by atoms with van der Waals surface area (Å²) in [4.78, 5) is 10.9. The van der Waals surface area contributed by atoms with Crippen LogP contribution in [0.2, 0.25) is 0 Å². The molecule has 0 unspecified atom stereocenters. The zero-order valence-electron chi connectivity index (χ0n) is 10.3. The molecule has 7 heteroatoms. The Morgan fingerprint density at radius 1 is 1.10 bits per heavy atom. The molecule has 0 radical (unpaired) electrons. The normalized spacial score (nSPS) is 11.2. The van der Waals surface area contributed by atoms with Crippen molar-refractivity contribution in [2.75, 3.05) is 0 Å². The number of alkyl halides is 3. The molecule has 0 saturated heterocycles. The van der Waals surface area contributed by atoms with Crippen molar-refractivity contribution in [1.29, 1.82) is 0 Å². The van der Waals surface area contributed by atoms with Gasteiger partial charge in [0, 0.05) is 4.47 Å². The van der Waals surface area contributed by atoms with Crippen molar-refractivity contribution >= 4 is 21.9 Å². The van der Waals surface area contributed by atoms with Crippen LogP contribution in [0.25, 0.3) is 11.1 Å². The van der Waals surface area contributed by atoms with Gasteiger partial charge >= 0.3 is 12.3 Å². The molecule has 0 saturated carbocycles. The molecule has 0 bridgehead atoms. The molecule has 3 nitrogen and oxygen atoms in total. The van der Waals surface area contributed by atoms with E-state index in [1.165, 1.54) is 36.4 Å². The minimum Gasteiger partial charge on any atom is -0.478 e. The van der Waals surface area contributed by atoms with Gasteiger partial charge in [0.1, 0.15) is 5.75 Å². The molecule has 0 aliphatic heterocycles. The summed E-state index contributed by atoms with van der Waals surface area (Å²) in [5.41, 5.74) is 1.12. The largest absolute Gasteiger partial charge is 0.573 e. The van der Waals surface area contributed by atoms with E-state index >= 15 is 0 Å². The SMILES string of the molecule is O=C(O)c1ccc(-c2cccc(OC(F)(F)F)c2)cc1Br. The number of benzene rings is 2. The van der Waals surface area contributed by atoms with Gasteiger partial charge in [-0.1, -0.05) is 18.2 Å². The number of aromatic carboxylic acids is 1. The first kappa shape index (κ1) is 15.4. The van der Waals surface area contributed by atoms with Crippen molar-refractivity contribution in [2.45, 2.75) is 6.36 Å². The summed E-state index contributed by atoms with van der Waals surface area (Å²) in [6.45, 7) is 0. The molecule has 0 aliphatic carbocycles. The zero-order chi connectivity index (χ0) is 15.6. The van der Waals surface area contributed by atoms with E-state index in [-0.39, 0.29) is 11.3 Å². The molecule has 1 N–H and O–H groups in total. The molecule has 21 heavy (non-hydrogen) atoms. The monoisotopic (exact) mass is 360 g/mol. The number of carboxylic acid groups (broad SMARTS) is 1. The van der Waals surface area contributed by atoms with Crippen LogP contribution < -0.4 is 4.74 Å². The summed E-state index contributed by atoms with van der Waals surface area (Å²) in [6.07, 6.45) is -4.76. The Balaban J connectivity index is 2.36. The average molecular weight is 361 g/mol. The average Bonchev–Trinajstić information content (AvgIpc) is 2.36. The van der Waals surface area contributed by atoms with Crippen LogP contribution in [0.5, 0.6) is 5.75 Å². The lowest BCUT2D eigenvalue weighted by molar-refractivity contribution is -0.274. The van der Waals surface area contributed by atoms with Crippen LogP contribution in [0, 0.1) is 0 Å². The number of ether oxygens (including phenoxy) is 1. The van der Waals surface area contributed by atoms with Gasteiger partial charge < -0.3 is 9.84 Å². The van der Waals surface area contributed by atoms with Gasteiger partial charge in [-0.2, -0.15) is 0 Å². The highest BCUT2D eigenvalue weighted by atomic mass is 79.9. The second-order valence-electron chi connectivity index (χ2n) is 4.08. The van der Waals surface area contributed by atoms with Gasteiger partial charge in [-0.25, -0.2) is 4.79 Å². The lowest BCUT2D eigenvalue weighted by Crippen LogP contribution is -2.17. The Hall–Kier alpha value is -2.02. The Bertz CT molecular complexity index is 683. The number of hydrogen-bond acceptors (Lipinski definition) is 2. The van der Waals surface area contributed by atoms with Crippen LogP contribution in [0.15, 0.2) is 46.9 Å². The summed E-state index contributed by atoms with van der Waals surface area (Å²) in [7, 11) is 0. The molecule has 110 valence electrons. The maximum atomic E-state index is 12.2. The van der Waals surface area contributed by atoms with E-state index in [2.05, 4.69) is 20.7 Å². The highest BCUT2D eigenvalue weighted by molar-refractivity contribution is 9.10. The van der Waals surface area contributed by atoms with Crippen molar-refractivity contribution in [3.8, 4) is 16.9 Å². The van der Waals surface area contributed by atoms with Crippen LogP contribution in [0.1, 0.15) is 10.4 Å². The number of halogens is 4. The fraction of sp³-hybridized carbons (Fsp3) is 0.0714. The molecular formula is C14H8BrF3O3. The number of carboxylic acids is 1. The third-order valence-electron chi connectivity index (χ3n) is 2.60. The maximum Gasteiger partial charge on any atom is 0.573 e. The lowest BCUT2D eigenvalue weighted by Gasteiger charge is -2.10. The smallest absolute Gasteiger partial charge is 0.478 e. The number of rotatable bonds is 3.